The summed E-state index contributed by atoms with van der Waals surface area (Å²) in [5.74, 6) is -1.63. The van der Waals surface area contributed by atoms with Gasteiger partial charge in [-0.05, 0) is 13.8 Å². The Morgan fingerprint density at radius 2 is 1.73 bits per heavy atom. The van der Waals surface area contributed by atoms with Crippen molar-refractivity contribution in [3.63, 3.8) is 0 Å². The van der Waals surface area contributed by atoms with Gasteiger partial charge in [0.05, 0.1) is 7.11 Å². The fraction of sp³-hybridized carbons (Fsp3) is 0.429. The Bertz CT molecular complexity index is 210. The number of esters is 1. The molecule has 0 unspecified atom stereocenters. The van der Waals surface area contributed by atoms with Crippen LogP contribution in [0.25, 0.3) is 0 Å². The van der Waals surface area contributed by atoms with Crippen molar-refractivity contribution in [1.82, 2.24) is 0 Å². The molecule has 4 nitrogen and oxygen atoms in total. The third-order valence-electron chi connectivity index (χ3n) is 1.10. The first kappa shape index (κ1) is 9.68. The van der Waals surface area contributed by atoms with E-state index in [9.17, 15) is 9.59 Å². The lowest BCUT2D eigenvalue weighted by molar-refractivity contribution is -0.137. The molecule has 0 aromatic rings. The van der Waals surface area contributed by atoms with E-state index in [4.69, 9.17) is 5.11 Å². The van der Waals surface area contributed by atoms with Gasteiger partial charge in [0, 0.05) is 0 Å². The van der Waals surface area contributed by atoms with Gasteiger partial charge in [-0.1, -0.05) is 0 Å². The van der Waals surface area contributed by atoms with Crippen molar-refractivity contribution in [3.8, 4) is 0 Å². The standard InChI is InChI=1S/C7H10O4/c1-4(8)6(5(2)9)7(10)11-3/h8H,1-3H3/b6-4+. The van der Waals surface area contributed by atoms with Crippen LogP contribution in [0.15, 0.2) is 11.3 Å². The highest BCUT2D eigenvalue weighted by Gasteiger charge is 2.17. The maximum absolute atomic E-state index is 10.7. The van der Waals surface area contributed by atoms with Gasteiger partial charge in [-0.25, -0.2) is 4.79 Å². The van der Waals surface area contributed by atoms with E-state index in [0.29, 0.717) is 0 Å². The smallest absolute Gasteiger partial charge is 0.344 e. The zero-order valence-corrected chi connectivity index (χ0v) is 6.67. The Balaban J connectivity index is 4.79. The van der Waals surface area contributed by atoms with Crippen molar-refractivity contribution in [2.75, 3.05) is 7.11 Å². The van der Waals surface area contributed by atoms with Crippen molar-refractivity contribution >= 4 is 11.8 Å². The van der Waals surface area contributed by atoms with Gasteiger partial charge in [0.1, 0.15) is 11.3 Å². The van der Waals surface area contributed by atoms with Gasteiger partial charge >= 0.3 is 5.97 Å². The number of carbonyl (C=O) groups excluding carboxylic acids is 2. The van der Waals surface area contributed by atoms with Gasteiger partial charge in [0.25, 0.3) is 0 Å². The SMILES string of the molecule is COC(=O)/C(C(C)=O)=C(\C)O. The number of rotatable bonds is 2. The maximum Gasteiger partial charge on any atom is 0.344 e. The fourth-order valence-electron chi connectivity index (χ4n) is 0.648. The van der Waals surface area contributed by atoms with Crippen LogP contribution in [0.4, 0.5) is 0 Å². The number of hydrogen-bond acceptors (Lipinski definition) is 4. The summed E-state index contributed by atoms with van der Waals surface area (Å²) in [6.45, 7) is 2.44. The summed E-state index contributed by atoms with van der Waals surface area (Å²) in [7, 11) is 1.15. The summed E-state index contributed by atoms with van der Waals surface area (Å²) < 4.78 is 4.26. The molecule has 4 heteroatoms. The zero-order valence-electron chi connectivity index (χ0n) is 6.67. The molecule has 0 aromatic carbocycles. The minimum Gasteiger partial charge on any atom is -0.512 e. The van der Waals surface area contributed by atoms with Crippen LogP contribution in [0, 0.1) is 0 Å². The predicted octanol–water partition coefficient (Wildman–Crippen LogP) is 0.580. The molecule has 0 atom stereocenters. The summed E-state index contributed by atoms with van der Waals surface area (Å²) >= 11 is 0. The van der Waals surface area contributed by atoms with Gasteiger partial charge in [0.15, 0.2) is 5.78 Å². The molecule has 0 saturated carbocycles. The third kappa shape index (κ3) is 2.41. The van der Waals surface area contributed by atoms with E-state index in [1.807, 2.05) is 0 Å². The number of allylic oxidation sites excluding steroid dienone is 1. The molecule has 1 N–H and O–H groups in total. The van der Waals surface area contributed by atoms with Crippen molar-refractivity contribution in [1.29, 1.82) is 0 Å². The lowest BCUT2D eigenvalue weighted by atomic mass is 10.1. The predicted molar refractivity (Wildman–Crippen MR) is 38.0 cm³/mol. The highest BCUT2D eigenvalue weighted by Crippen LogP contribution is 2.03. The Kier molecular flexibility index (Phi) is 3.30. The van der Waals surface area contributed by atoms with E-state index in [0.717, 1.165) is 7.11 Å². The summed E-state index contributed by atoms with van der Waals surface area (Å²) in [4.78, 5) is 21.4. The van der Waals surface area contributed by atoms with Crippen molar-refractivity contribution in [3.05, 3.63) is 11.3 Å². The summed E-state index contributed by atoms with van der Waals surface area (Å²) in [6, 6.07) is 0. The van der Waals surface area contributed by atoms with Gasteiger partial charge in [-0.2, -0.15) is 0 Å². The van der Waals surface area contributed by atoms with E-state index in [1.54, 1.807) is 0 Å². The van der Waals surface area contributed by atoms with E-state index in [2.05, 4.69) is 4.74 Å². The number of aliphatic hydroxyl groups is 1. The Hall–Kier alpha value is -1.32. The molecule has 62 valence electrons. The molecule has 0 amide bonds. The topological polar surface area (TPSA) is 63.6 Å². The minimum atomic E-state index is -0.808. The molecule has 0 aromatic heterocycles. The summed E-state index contributed by atoms with van der Waals surface area (Å²) in [5, 5.41) is 8.84. The first-order valence-corrected chi connectivity index (χ1v) is 2.99. The van der Waals surface area contributed by atoms with Crippen LogP contribution in [-0.4, -0.2) is 24.0 Å². The number of ether oxygens (including phenoxy) is 1. The van der Waals surface area contributed by atoms with E-state index < -0.39 is 11.8 Å². The lowest BCUT2D eigenvalue weighted by Gasteiger charge is -2.00. The number of hydrogen-bond donors (Lipinski definition) is 1. The molecule has 0 aliphatic carbocycles. The number of aliphatic hydroxyl groups excluding tert-OH is 1. The average Bonchev–Trinajstić information content (AvgIpc) is 1.85. The fourth-order valence-corrected chi connectivity index (χ4v) is 0.648. The van der Waals surface area contributed by atoms with E-state index in [1.165, 1.54) is 13.8 Å². The molecule has 0 aliphatic rings. The second-order valence-corrected chi connectivity index (χ2v) is 2.01. The molecule has 0 fully saturated rings. The number of ketones is 1. The van der Waals surface area contributed by atoms with Crippen LogP contribution in [0.1, 0.15) is 13.8 Å². The number of methoxy groups -OCH3 is 1. The van der Waals surface area contributed by atoms with Crippen LogP contribution >= 0.6 is 0 Å². The van der Waals surface area contributed by atoms with Crippen LogP contribution in [0.2, 0.25) is 0 Å². The molecule has 0 aliphatic heterocycles. The molecular weight excluding hydrogens is 148 g/mol. The van der Waals surface area contributed by atoms with Gasteiger partial charge in [0.2, 0.25) is 0 Å². The Morgan fingerprint density at radius 3 is 1.82 bits per heavy atom. The average molecular weight is 158 g/mol. The van der Waals surface area contributed by atoms with Gasteiger partial charge in [-0.15, -0.1) is 0 Å². The minimum absolute atomic E-state index is 0.299. The Labute approximate surface area is 64.5 Å². The molecular formula is C7H10O4. The number of carbonyl (C=O) groups is 2. The molecule has 0 radical (unpaired) electrons. The van der Waals surface area contributed by atoms with Gasteiger partial charge in [-0.3, -0.25) is 4.79 Å². The van der Waals surface area contributed by atoms with Crippen LogP contribution in [-0.2, 0) is 14.3 Å². The van der Waals surface area contributed by atoms with Gasteiger partial charge < -0.3 is 9.84 Å². The van der Waals surface area contributed by atoms with Crippen LogP contribution in [0.3, 0.4) is 0 Å². The number of Topliss-reactive ketones (excluding diaryl/α,β-unsaturated/α-hetero) is 1. The van der Waals surface area contributed by atoms with Crippen LogP contribution < -0.4 is 0 Å². The van der Waals surface area contributed by atoms with E-state index in [-0.39, 0.29) is 11.3 Å². The molecule has 0 spiro atoms. The molecule has 0 bridgehead atoms. The maximum atomic E-state index is 10.7. The highest BCUT2D eigenvalue weighted by atomic mass is 16.5. The summed E-state index contributed by atoms with van der Waals surface area (Å²) in [5.41, 5.74) is -0.299. The molecule has 0 saturated heterocycles. The van der Waals surface area contributed by atoms with E-state index >= 15 is 0 Å². The monoisotopic (exact) mass is 158 g/mol. The summed E-state index contributed by atoms with van der Waals surface area (Å²) in [6.07, 6.45) is 0. The zero-order chi connectivity index (χ0) is 9.02. The van der Waals surface area contributed by atoms with Crippen LogP contribution in [0.5, 0.6) is 0 Å². The first-order chi connectivity index (χ1) is 5.00. The molecule has 11 heavy (non-hydrogen) atoms. The lowest BCUT2D eigenvalue weighted by Crippen LogP contribution is -2.13. The molecule has 0 rings (SSSR count). The van der Waals surface area contributed by atoms with Crippen molar-refractivity contribution in [2.45, 2.75) is 13.8 Å². The van der Waals surface area contributed by atoms with Crippen molar-refractivity contribution in [2.24, 2.45) is 0 Å². The quantitative estimate of drug-likeness (QED) is 0.210. The second kappa shape index (κ2) is 3.75. The highest BCUT2D eigenvalue weighted by molar-refractivity contribution is 6.16. The Morgan fingerprint density at radius 1 is 1.27 bits per heavy atom. The second-order valence-electron chi connectivity index (χ2n) is 2.01. The molecule has 0 heterocycles. The third-order valence-corrected chi connectivity index (χ3v) is 1.10. The largest absolute Gasteiger partial charge is 0.512 e. The normalized spacial score (nSPS) is 11.9. The van der Waals surface area contributed by atoms with Crippen molar-refractivity contribution < 1.29 is 19.4 Å². The first-order valence-electron chi connectivity index (χ1n) is 2.99.